The molecule has 94 valence electrons. The summed E-state index contributed by atoms with van der Waals surface area (Å²) in [6, 6.07) is 1.53. The van der Waals surface area contributed by atoms with Crippen LogP contribution in [0, 0.1) is 0 Å². The third kappa shape index (κ3) is 2.89. The summed E-state index contributed by atoms with van der Waals surface area (Å²) in [5.74, 6) is -0.651. The van der Waals surface area contributed by atoms with E-state index in [1.807, 2.05) is 0 Å². The fourth-order valence-electron chi connectivity index (χ4n) is 1.36. The van der Waals surface area contributed by atoms with Gasteiger partial charge in [0.05, 0.1) is 17.9 Å². The van der Waals surface area contributed by atoms with Gasteiger partial charge in [0.1, 0.15) is 5.75 Å². The molecule has 0 saturated carbocycles. The summed E-state index contributed by atoms with van der Waals surface area (Å²) < 4.78 is 42.7. The fraction of sp³-hybridized carbons (Fsp3) is 0.364. The topological polar surface area (TPSA) is 52.3 Å². The number of ether oxygens (including phenoxy) is 1. The van der Waals surface area contributed by atoms with Crippen molar-refractivity contribution in [3.8, 4) is 5.75 Å². The molecular weight excluding hydrogens is 235 g/mol. The lowest BCUT2D eigenvalue weighted by molar-refractivity contribution is -0.137. The molecule has 0 amide bonds. The van der Waals surface area contributed by atoms with E-state index in [1.165, 1.54) is 0 Å². The summed E-state index contributed by atoms with van der Waals surface area (Å²) in [6.45, 7) is 2.94. The van der Waals surface area contributed by atoms with Crippen molar-refractivity contribution in [3.63, 3.8) is 0 Å². The van der Waals surface area contributed by atoms with E-state index < -0.39 is 17.5 Å². The van der Waals surface area contributed by atoms with E-state index in [2.05, 4.69) is 0 Å². The Morgan fingerprint density at radius 1 is 1.41 bits per heavy atom. The van der Waals surface area contributed by atoms with Gasteiger partial charge in [-0.1, -0.05) is 0 Å². The Labute approximate surface area is 96.4 Å². The van der Waals surface area contributed by atoms with Gasteiger partial charge in [0, 0.05) is 5.56 Å². The number of carbonyl (C=O) groups is 1. The molecule has 2 N–H and O–H groups in total. The Kier molecular flexibility index (Phi) is 3.65. The molecule has 0 aliphatic carbocycles. The fourth-order valence-corrected chi connectivity index (χ4v) is 1.36. The van der Waals surface area contributed by atoms with Crippen LogP contribution in [-0.2, 0) is 6.18 Å². The zero-order valence-corrected chi connectivity index (χ0v) is 9.39. The van der Waals surface area contributed by atoms with Gasteiger partial charge in [0.2, 0.25) is 0 Å². The van der Waals surface area contributed by atoms with Gasteiger partial charge < -0.3 is 10.5 Å². The van der Waals surface area contributed by atoms with Crippen molar-refractivity contribution in [1.82, 2.24) is 0 Å². The molecular formula is C11H12F3NO2. The van der Waals surface area contributed by atoms with Crippen LogP contribution in [0.4, 0.5) is 18.9 Å². The molecule has 0 aromatic heterocycles. The summed E-state index contributed by atoms with van der Waals surface area (Å²) in [7, 11) is 0. The smallest absolute Gasteiger partial charge is 0.416 e. The summed E-state index contributed by atoms with van der Waals surface area (Å²) in [6.07, 6.45) is -4.54. The molecule has 0 radical (unpaired) electrons. The Morgan fingerprint density at radius 3 is 2.41 bits per heavy atom. The van der Waals surface area contributed by atoms with Crippen LogP contribution < -0.4 is 10.5 Å². The van der Waals surface area contributed by atoms with Gasteiger partial charge in [-0.15, -0.1) is 0 Å². The number of anilines is 1. The van der Waals surface area contributed by atoms with Crippen molar-refractivity contribution in [2.75, 3.05) is 12.3 Å². The number of hydrogen-bond donors (Lipinski definition) is 1. The highest BCUT2D eigenvalue weighted by molar-refractivity contribution is 6.00. The number of rotatable bonds is 3. The molecule has 0 atom stereocenters. The van der Waals surface area contributed by atoms with Crippen LogP contribution in [-0.4, -0.2) is 12.4 Å². The maximum Gasteiger partial charge on any atom is 0.416 e. The number of alkyl halides is 3. The zero-order chi connectivity index (χ0) is 13.2. The average molecular weight is 247 g/mol. The highest BCUT2D eigenvalue weighted by Crippen LogP contribution is 2.36. The number of nitrogen functional groups attached to an aromatic ring is 1. The lowest BCUT2D eigenvalue weighted by atomic mass is 10.0. The van der Waals surface area contributed by atoms with Gasteiger partial charge in [-0.05, 0) is 26.0 Å². The molecule has 0 aliphatic heterocycles. The van der Waals surface area contributed by atoms with Gasteiger partial charge in [-0.3, -0.25) is 4.79 Å². The Hall–Kier alpha value is -1.72. The highest BCUT2D eigenvalue weighted by Gasteiger charge is 2.32. The molecule has 6 heteroatoms. The minimum Gasteiger partial charge on any atom is -0.492 e. The van der Waals surface area contributed by atoms with Crippen LogP contribution in [0.3, 0.4) is 0 Å². The standard InChI is InChI=1S/C11H12F3NO2/c1-3-17-9-5-7(11(12,13)14)4-8(6(2)16)10(9)15/h4-5H,3,15H2,1-2H3. The molecule has 0 heterocycles. The third-order valence-electron chi connectivity index (χ3n) is 2.15. The van der Waals surface area contributed by atoms with E-state index in [0.29, 0.717) is 0 Å². The van der Waals surface area contributed by atoms with Gasteiger partial charge in [-0.25, -0.2) is 0 Å². The second-order valence-electron chi connectivity index (χ2n) is 3.42. The molecule has 0 unspecified atom stereocenters. The van der Waals surface area contributed by atoms with Crippen LogP contribution >= 0.6 is 0 Å². The van der Waals surface area contributed by atoms with Gasteiger partial charge in [0.15, 0.2) is 5.78 Å². The molecule has 17 heavy (non-hydrogen) atoms. The van der Waals surface area contributed by atoms with Gasteiger partial charge in [0.25, 0.3) is 0 Å². The first-order valence-corrected chi connectivity index (χ1v) is 4.91. The first-order valence-electron chi connectivity index (χ1n) is 4.91. The third-order valence-corrected chi connectivity index (χ3v) is 2.15. The summed E-state index contributed by atoms with van der Waals surface area (Å²) >= 11 is 0. The maximum absolute atomic E-state index is 12.6. The lowest BCUT2D eigenvalue weighted by Gasteiger charge is -2.14. The van der Waals surface area contributed by atoms with Crippen LogP contribution in [0.5, 0.6) is 5.75 Å². The van der Waals surface area contributed by atoms with Gasteiger partial charge in [-0.2, -0.15) is 13.2 Å². The number of halogens is 3. The van der Waals surface area contributed by atoms with Crippen molar-refractivity contribution in [2.24, 2.45) is 0 Å². The predicted octanol–water partition coefficient (Wildman–Crippen LogP) is 2.89. The molecule has 0 spiro atoms. The largest absolute Gasteiger partial charge is 0.492 e. The van der Waals surface area contributed by atoms with E-state index in [-0.39, 0.29) is 23.6 Å². The Bertz CT molecular complexity index is 441. The number of Topliss-reactive ketones (excluding diaryl/α,β-unsaturated/α-hetero) is 1. The predicted molar refractivity (Wildman–Crippen MR) is 57.0 cm³/mol. The van der Waals surface area contributed by atoms with Crippen LogP contribution in [0.1, 0.15) is 29.8 Å². The summed E-state index contributed by atoms with van der Waals surface area (Å²) in [5.41, 5.74) is 4.39. The molecule has 0 aliphatic rings. The number of ketones is 1. The van der Waals surface area contributed by atoms with E-state index in [4.69, 9.17) is 10.5 Å². The first-order chi connectivity index (χ1) is 7.77. The summed E-state index contributed by atoms with van der Waals surface area (Å²) in [4.78, 5) is 11.2. The quantitative estimate of drug-likeness (QED) is 0.660. The minimum atomic E-state index is -4.54. The number of carbonyl (C=O) groups excluding carboxylic acids is 1. The molecule has 0 saturated heterocycles. The van der Waals surface area contributed by atoms with E-state index in [1.54, 1.807) is 6.92 Å². The van der Waals surface area contributed by atoms with Crippen molar-refractivity contribution >= 4 is 11.5 Å². The number of nitrogens with two attached hydrogens (primary N) is 1. The molecule has 1 aromatic carbocycles. The molecule has 1 aromatic rings. The number of benzene rings is 1. The zero-order valence-electron chi connectivity index (χ0n) is 9.39. The second-order valence-corrected chi connectivity index (χ2v) is 3.42. The molecule has 0 fully saturated rings. The average Bonchev–Trinajstić information content (AvgIpc) is 2.19. The molecule has 3 nitrogen and oxygen atoms in total. The first kappa shape index (κ1) is 13.3. The van der Waals surface area contributed by atoms with Crippen molar-refractivity contribution in [1.29, 1.82) is 0 Å². The normalized spacial score (nSPS) is 11.4. The Morgan fingerprint density at radius 2 is 2.00 bits per heavy atom. The van der Waals surface area contributed by atoms with Crippen molar-refractivity contribution in [2.45, 2.75) is 20.0 Å². The summed E-state index contributed by atoms with van der Waals surface area (Å²) in [5, 5.41) is 0. The van der Waals surface area contributed by atoms with E-state index in [0.717, 1.165) is 19.1 Å². The van der Waals surface area contributed by atoms with Gasteiger partial charge >= 0.3 is 6.18 Å². The highest BCUT2D eigenvalue weighted by atomic mass is 19.4. The molecule has 0 bridgehead atoms. The monoisotopic (exact) mass is 247 g/mol. The lowest BCUT2D eigenvalue weighted by Crippen LogP contribution is -2.11. The van der Waals surface area contributed by atoms with E-state index in [9.17, 15) is 18.0 Å². The second kappa shape index (κ2) is 4.65. The SMILES string of the molecule is CCOc1cc(C(F)(F)F)cc(C(C)=O)c1N. The number of hydrogen-bond acceptors (Lipinski definition) is 3. The van der Waals surface area contributed by atoms with Crippen molar-refractivity contribution in [3.05, 3.63) is 23.3 Å². The maximum atomic E-state index is 12.6. The Balaban J connectivity index is 3.42. The van der Waals surface area contributed by atoms with E-state index >= 15 is 0 Å². The minimum absolute atomic E-state index is 0.0626. The van der Waals surface area contributed by atoms with Crippen LogP contribution in [0.15, 0.2) is 12.1 Å². The molecule has 1 rings (SSSR count). The van der Waals surface area contributed by atoms with Crippen molar-refractivity contribution < 1.29 is 22.7 Å². The van der Waals surface area contributed by atoms with Crippen LogP contribution in [0.25, 0.3) is 0 Å². The van der Waals surface area contributed by atoms with Crippen LogP contribution in [0.2, 0.25) is 0 Å².